The number of benzene rings is 3. The number of carbonyl (C=O) groups is 1. The van der Waals surface area contributed by atoms with E-state index in [0.29, 0.717) is 12.8 Å². The van der Waals surface area contributed by atoms with Gasteiger partial charge in [-0.1, -0.05) is 98.8 Å². The molecule has 4 atom stereocenters. The largest absolute Gasteiger partial charge is 0.508 e. The molecule has 0 aliphatic carbocycles. The van der Waals surface area contributed by atoms with Crippen molar-refractivity contribution in [2.24, 2.45) is 11.8 Å². The molecule has 38 heavy (non-hydrogen) atoms. The van der Waals surface area contributed by atoms with Crippen LogP contribution in [0.25, 0.3) is 0 Å². The van der Waals surface area contributed by atoms with Crippen molar-refractivity contribution in [3.05, 3.63) is 114 Å². The quantitative estimate of drug-likeness (QED) is 0.205. The molecule has 3 aromatic carbocycles. The van der Waals surface area contributed by atoms with E-state index in [4.69, 9.17) is 0 Å². The van der Waals surface area contributed by atoms with Gasteiger partial charge in [0.15, 0.2) is 0 Å². The fourth-order valence-electron chi connectivity index (χ4n) is 4.79. The van der Waals surface area contributed by atoms with Gasteiger partial charge in [-0.15, -0.1) is 0 Å². The number of hydrogen-bond donors (Lipinski definition) is 4. The molecular weight excluding hydrogens is 472 g/mol. The molecule has 0 aliphatic rings. The van der Waals surface area contributed by atoms with E-state index >= 15 is 0 Å². The van der Waals surface area contributed by atoms with Gasteiger partial charge < -0.3 is 20.8 Å². The molecule has 0 fully saturated rings. The number of allylic oxidation sites excluding steroid dienone is 2. The first-order chi connectivity index (χ1) is 18.4. The van der Waals surface area contributed by atoms with Crippen LogP contribution in [-0.4, -0.2) is 35.3 Å². The Morgan fingerprint density at radius 2 is 1.47 bits per heavy atom. The predicted octanol–water partition coefficient (Wildman–Crippen LogP) is 5.79. The third kappa shape index (κ3) is 9.16. The van der Waals surface area contributed by atoms with Crippen LogP contribution in [-0.2, 0) is 11.2 Å². The summed E-state index contributed by atoms with van der Waals surface area (Å²) < 4.78 is 0. The van der Waals surface area contributed by atoms with Gasteiger partial charge in [0, 0.05) is 12.0 Å². The molecule has 202 valence electrons. The number of rotatable bonds is 14. The van der Waals surface area contributed by atoms with Gasteiger partial charge in [-0.05, 0) is 67.5 Å². The van der Waals surface area contributed by atoms with E-state index in [-0.39, 0.29) is 35.6 Å². The van der Waals surface area contributed by atoms with Crippen LogP contribution < -0.4 is 10.6 Å². The molecule has 3 aromatic rings. The molecule has 3 rings (SSSR count). The highest BCUT2D eigenvalue weighted by Crippen LogP contribution is 2.23. The molecule has 5 nitrogen and oxygen atoms in total. The molecule has 0 bridgehead atoms. The number of aromatic hydroxyl groups is 1. The lowest BCUT2D eigenvalue weighted by Gasteiger charge is -2.23. The van der Waals surface area contributed by atoms with Gasteiger partial charge in [-0.3, -0.25) is 4.79 Å². The molecule has 0 unspecified atom stereocenters. The molecular formula is C33H42N2O3. The molecule has 1 amide bonds. The lowest BCUT2D eigenvalue weighted by molar-refractivity contribution is -0.125. The number of nitrogens with one attached hydrogen (secondary N) is 2. The van der Waals surface area contributed by atoms with Gasteiger partial charge in [0.1, 0.15) is 5.75 Å². The lowest BCUT2D eigenvalue weighted by Crippen LogP contribution is -2.39. The van der Waals surface area contributed by atoms with Crippen LogP contribution in [0.5, 0.6) is 5.75 Å². The van der Waals surface area contributed by atoms with Crippen molar-refractivity contribution in [2.45, 2.75) is 57.7 Å². The van der Waals surface area contributed by atoms with Crippen LogP contribution in [0.3, 0.4) is 0 Å². The zero-order valence-electron chi connectivity index (χ0n) is 22.8. The third-order valence-electron chi connectivity index (χ3n) is 7.05. The summed E-state index contributed by atoms with van der Waals surface area (Å²) in [5.74, 6) is 0.407. The lowest BCUT2D eigenvalue weighted by atomic mass is 9.93. The summed E-state index contributed by atoms with van der Waals surface area (Å²) in [6.07, 6.45) is 6.65. The van der Waals surface area contributed by atoms with Crippen molar-refractivity contribution in [2.75, 3.05) is 7.05 Å². The molecule has 5 heteroatoms. The zero-order chi connectivity index (χ0) is 27.3. The maximum absolute atomic E-state index is 13.1. The molecule has 4 N–H and O–H groups in total. The highest BCUT2D eigenvalue weighted by molar-refractivity contribution is 5.79. The second kappa shape index (κ2) is 15.1. The fourth-order valence-corrected chi connectivity index (χ4v) is 4.79. The van der Waals surface area contributed by atoms with E-state index in [0.717, 1.165) is 29.5 Å². The highest BCUT2D eigenvalue weighted by atomic mass is 16.3. The first-order valence-corrected chi connectivity index (χ1v) is 13.6. The van der Waals surface area contributed by atoms with Crippen molar-refractivity contribution in [3.63, 3.8) is 0 Å². The number of aliphatic hydroxyl groups is 1. The summed E-state index contributed by atoms with van der Waals surface area (Å²) in [5, 5.41) is 26.6. The summed E-state index contributed by atoms with van der Waals surface area (Å²) in [6, 6.07) is 27.0. The van der Waals surface area contributed by atoms with Gasteiger partial charge in [0.25, 0.3) is 0 Å². The zero-order valence-corrected chi connectivity index (χ0v) is 22.8. The first-order valence-electron chi connectivity index (χ1n) is 13.6. The maximum Gasteiger partial charge on any atom is 0.223 e. The second-order valence-corrected chi connectivity index (χ2v) is 10.2. The fraction of sp³-hybridized carbons (Fsp3) is 0.364. The second-order valence-electron chi connectivity index (χ2n) is 10.2. The Bertz CT molecular complexity index is 1080. The minimum absolute atomic E-state index is 0.0458. The van der Waals surface area contributed by atoms with Crippen molar-refractivity contribution >= 4 is 5.91 Å². The van der Waals surface area contributed by atoms with Gasteiger partial charge in [0.05, 0.1) is 12.1 Å². The van der Waals surface area contributed by atoms with Gasteiger partial charge in [-0.2, -0.15) is 0 Å². The summed E-state index contributed by atoms with van der Waals surface area (Å²) in [7, 11) is 1.86. The number of aliphatic hydroxyl groups excluding tert-OH is 1. The predicted molar refractivity (Wildman–Crippen MR) is 155 cm³/mol. The SMILES string of the molecule is CN[C@H](Cc1ccc(O)cc1)[C@H](O)CC/C=C/[C@@H](C)C[C@@H](C)C(=O)NC(c1ccccc1)c1ccccc1. The number of hydrogen-bond acceptors (Lipinski definition) is 4. The average Bonchev–Trinajstić information content (AvgIpc) is 2.94. The number of phenols is 1. The van der Waals surface area contributed by atoms with E-state index < -0.39 is 6.10 Å². The number of phenolic OH excluding ortho intramolecular Hbond substituents is 1. The minimum Gasteiger partial charge on any atom is -0.508 e. The Labute approximate surface area is 227 Å². The summed E-state index contributed by atoms with van der Waals surface area (Å²) in [6.45, 7) is 4.11. The van der Waals surface area contributed by atoms with E-state index in [1.807, 2.05) is 86.8 Å². The topological polar surface area (TPSA) is 81.6 Å². The van der Waals surface area contributed by atoms with Crippen LogP contribution in [0, 0.1) is 11.8 Å². The molecule has 0 saturated carbocycles. The van der Waals surface area contributed by atoms with Gasteiger partial charge in [0.2, 0.25) is 5.91 Å². The van der Waals surface area contributed by atoms with Crippen LogP contribution in [0.4, 0.5) is 0 Å². The summed E-state index contributed by atoms with van der Waals surface area (Å²) >= 11 is 0. The van der Waals surface area contributed by atoms with E-state index in [2.05, 4.69) is 29.7 Å². The Hall–Kier alpha value is -3.41. The minimum atomic E-state index is -0.480. The van der Waals surface area contributed by atoms with Gasteiger partial charge in [-0.25, -0.2) is 0 Å². The Balaban J connectivity index is 1.47. The molecule has 0 radical (unpaired) electrons. The maximum atomic E-state index is 13.1. The smallest absolute Gasteiger partial charge is 0.223 e. The Kier molecular flexibility index (Phi) is 11.6. The number of carbonyl (C=O) groups excluding carboxylic acids is 1. The molecule has 0 saturated heterocycles. The van der Waals surface area contributed by atoms with Crippen LogP contribution in [0.1, 0.15) is 55.8 Å². The third-order valence-corrected chi connectivity index (χ3v) is 7.05. The normalized spacial score (nSPS) is 14.8. The summed E-state index contributed by atoms with van der Waals surface area (Å²) in [4.78, 5) is 13.1. The van der Waals surface area contributed by atoms with Crippen LogP contribution >= 0.6 is 0 Å². The van der Waals surface area contributed by atoms with E-state index in [9.17, 15) is 15.0 Å². The Morgan fingerprint density at radius 3 is 2.03 bits per heavy atom. The monoisotopic (exact) mass is 514 g/mol. The highest BCUT2D eigenvalue weighted by Gasteiger charge is 2.21. The number of amides is 1. The van der Waals surface area contributed by atoms with Crippen molar-refractivity contribution in [3.8, 4) is 5.75 Å². The van der Waals surface area contributed by atoms with Crippen LogP contribution in [0.15, 0.2) is 97.1 Å². The van der Waals surface area contributed by atoms with Crippen molar-refractivity contribution in [1.82, 2.24) is 10.6 Å². The molecule has 0 heterocycles. The molecule has 0 aliphatic heterocycles. The Morgan fingerprint density at radius 1 is 0.895 bits per heavy atom. The molecule has 0 spiro atoms. The van der Waals surface area contributed by atoms with Crippen molar-refractivity contribution in [1.29, 1.82) is 0 Å². The standard InChI is InChI=1S/C33H42N2O3/c1-24(12-10-11-17-31(37)30(34-3)23-26-18-20-29(36)21-19-26)22-25(2)33(38)35-32(27-13-6-4-7-14-27)28-15-8-5-9-16-28/h4-10,12-16,18-21,24-25,30-32,34,36-37H,11,17,22-23H2,1-3H3,(H,35,38)/b12-10+/t24-,25-,30-,31-/m1/s1. The molecule has 0 aromatic heterocycles. The summed E-state index contributed by atoms with van der Waals surface area (Å²) in [5.41, 5.74) is 3.20. The number of likely N-dealkylation sites (N-methyl/N-ethyl adjacent to an activating group) is 1. The van der Waals surface area contributed by atoms with E-state index in [1.54, 1.807) is 12.1 Å². The first kappa shape index (κ1) is 29.2. The van der Waals surface area contributed by atoms with Gasteiger partial charge >= 0.3 is 0 Å². The van der Waals surface area contributed by atoms with Crippen molar-refractivity contribution < 1.29 is 15.0 Å². The van der Waals surface area contributed by atoms with E-state index in [1.165, 1.54) is 0 Å². The average molecular weight is 515 g/mol. The van der Waals surface area contributed by atoms with Crippen LogP contribution in [0.2, 0.25) is 0 Å².